The minimum Gasteiger partial charge on any atom is -0.258 e. The smallest absolute Gasteiger partial charge is 0.258 e. The number of nitro groups is 1. The first-order chi connectivity index (χ1) is 15.5. The van der Waals surface area contributed by atoms with Gasteiger partial charge in [0.15, 0.2) is 0 Å². The van der Waals surface area contributed by atoms with Crippen LogP contribution in [0.15, 0.2) is 91.0 Å². The molecule has 0 aliphatic heterocycles. The Kier molecular flexibility index (Phi) is 3.82. The van der Waals surface area contributed by atoms with Crippen LogP contribution >= 0.6 is 0 Å². The van der Waals surface area contributed by atoms with Crippen molar-refractivity contribution in [2.75, 3.05) is 0 Å². The number of nitrogens with zero attached hydrogens (tertiary/aromatic N) is 1. The minimum absolute atomic E-state index is 0.141. The van der Waals surface area contributed by atoms with E-state index in [4.69, 9.17) is 0 Å². The van der Waals surface area contributed by atoms with Gasteiger partial charge < -0.3 is 0 Å². The normalized spacial score (nSPS) is 13.8. The summed E-state index contributed by atoms with van der Waals surface area (Å²) in [6.45, 7) is 4.51. The van der Waals surface area contributed by atoms with Crippen molar-refractivity contribution in [2.45, 2.75) is 19.3 Å². The van der Waals surface area contributed by atoms with Gasteiger partial charge in [-0.25, -0.2) is 0 Å². The summed E-state index contributed by atoms with van der Waals surface area (Å²) in [7, 11) is 0. The van der Waals surface area contributed by atoms with E-state index in [9.17, 15) is 10.1 Å². The quantitative estimate of drug-likeness (QED) is 0.217. The van der Waals surface area contributed by atoms with E-state index in [2.05, 4.69) is 62.4 Å². The van der Waals surface area contributed by atoms with E-state index >= 15 is 0 Å². The van der Waals surface area contributed by atoms with Crippen LogP contribution in [0.2, 0.25) is 0 Å². The van der Waals surface area contributed by atoms with Crippen molar-refractivity contribution in [1.29, 1.82) is 0 Å². The molecule has 0 aromatic heterocycles. The van der Waals surface area contributed by atoms with Crippen LogP contribution in [-0.2, 0) is 5.41 Å². The molecule has 1 aliphatic carbocycles. The second-order valence-corrected chi connectivity index (χ2v) is 9.03. The Morgan fingerprint density at radius 2 is 1.34 bits per heavy atom. The zero-order valence-corrected chi connectivity index (χ0v) is 17.9. The van der Waals surface area contributed by atoms with E-state index in [1.807, 2.05) is 36.4 Å². The number of hydrogen-bond donors (Lipinski definition) is 0. The Balaban J connectivity index is 1.64. The van der Waals surface area contributed by atoms with E-state index in [1.54, 1.807) is 6.07 Å². The fraction of sp³-hybridized carbons (Fsp3) is 0.103. The first-order valence-corrected chi connectivity index (χ1v) is 10.8. The van der Waals surface area contributed by atoms with Gasteiger partial charge in [-0.2, -0.15) is 0 Å². The maximum Gasteiger partial charge on any atom is 0.277 e. The molecule has 3 nitrogen and oxygen atoms in total. The van der Waals surface area contributed by atoms with Gasteiger partial charge in [-0.3, -0.25) is 10.1 Å². The molecule has 0 radical (unpaired) electrons. The molecule has 0 saturated heterocycles. The molecule has 3 heteroatoms. The standard InChI is InChI=1S/C29H21NO2/c1-29(2)25-17-20(27-21-9-5-3-7-18(21)13-16-26(27)30(31)32)12-14-23(25)24-15-11-19-8-4-6-10-22(19)28(24)29/h3-17H,1-2H3. The average Bonchev–Trinajstić information content (AvgIpc) is 3.05. The van der Waals surface area contributed by atoms with Crippen molar-refractivity contribution in [3.05, 3.63) is 112 Å². The molecular weight excluding hydrogens is 394 g/mol. The fourth-order valence-electron chi connectivity index (χ4n) is 5.47. The van der Waals surface area contributed by atoms with Gasteiger partial charge in [0.2, 0.25) is 0 Å². The molecule has 0 fully saturated rings. The van der Waals surface area contributed by atoms with Crippen molar-refractivity contribution in [3.63, 3.8) is 0 Å². The molecule has 0 bridgehead atoms. The molecule has 0 saturated carbocycles. The van der Waals surface area contributed by atoms with Gasteiger partial charge in [-0.05, 0) is 61.5 Å². The molecule has 0 spiro atoms. The lowest BCUT2D eigenvalue weighted by Crippen LogP contribution is -2.15. The highest BCUT2D eigenvalue weighted by Crippen LogP contribution is 2.52. The highest BCUT2D eigenvalue weighted by atomic mass is 16.6. The lowest BCUT2D eigenvalue weighted by Gasteiger charge is -2.23. The summed E-state index contributed by atoms with van der Waals surface area (Å²) in [4.78, 5) is 11.7. The maximum atomic E-state index is 11.9. The topological polar surface area (TPSA) is 43.1 Å². The zero-order valence-electron chi connectivity index (χ0n) is 17.9. The van der Waals surface area contributed by atoms with E-state index in [0.717, 1.165) is 16.3 Å². The third kappa shape index (κ3) is 2.48. The summed E-state index contributed by atoms with van der Waals surface area (Å²) in [6, 6.07) is 30.6. The first-order valence-electron chi connectivity index (χ1n) is 10.8. The molecule has 0 amide bonds. The lowest BCUT2D eigenvalue weighted by molar-refractivity contribution is -0.384. The second-order valence-electron chi connectivity index (χ2n) is 9.03. The molecule has 5 aromatic rings. The Labute approximate surface area is 186 Å². The Morgan fingerprint density at radius 1 is 0.719 bits per heavy atom. The number of fused-ring (bicyclic) bond motifs is 6. The van der Waals surface area contributed by atoms with Crippen LogP contribution < -0.4 is 0 Å². The molecule has 6 rings (SSSR count). The van der Waals surface area contributed by atoms with Crippen LogP contribution in [0.25, 0.3) is 43.8 Å². The highest BCUT2D eigenvalue weighted by Gasteiger charge is 2.37. The SMILES string of the molecule is CC1(C)c2cc(-c3c([N+](=O)[O-])ccc4ccccc34)ccc2-c2ccc3ccccc3c21. The van der Waals surface area contributed by atoms with Crippen LogP contribution in [0.5, 0.6) is 0 Å². The van der Waals surface area contributed by atoms with E-state index in [-0.39, 0.29) is 16.0 Å². The van der Waals surface area contributed by atoms with Crippen molar-refractivity contribution in [3.8, 4) is 22.3 Å². The largest absolute Gasteiger partial charge is 0.277 e. The van der Waals surface area contributed by atoms with E-state index in [1.165, 1.54) is 33.0 Å². The van der Waals surface area contributed by atoms with Gasteiger partial charge in [0, 0.05) is 11.5 Å². The number of benzene rings is 5. The second kappa shape index (κ2) is 6.51. The zero-order chi connectivity index (χ0) is 22.0. The molecule has 1 aliphatic rings. The van der Waals surface area contributed by atoms with Gasteiger partial charge >= 0.3 is 0 Å². The number of hydrogen-bond acceptors (Lipinski definition) is 2. The summed E-state index contributed by atoms with van der Waals surface area (Å²) in [5, 5.41) is 16.3. The fourth-order valence-corrected chi connectivity index (χ4v) is 5.47. The Bertz CT molecular complexity index is 1580. The maximum absolute atomic E-state index is 11.9. The average molecular weight is 415 g/mol. The summed E-state index contributed by atoms with van der Waals surface area (Å²) in [5.74, 6) is 0. The monoisotopic (exact) mass is 415 g/mol. The molecule has 32 heavy (non-hydrogen) atoms. The minimum atomic E-state index is -0.275. The number of nitro benzene ring substituents is 1. The predicted octanol–water partition coefficient (Wildman–Crippen LogP) is 7.87. The van der Waals surface area contributed by atoms with Crippen molar-refractivity contribution >= 4 is 27.2 Å². The summed E-state index contributed by atoms with van der Waals surface area (Å²) in [6.07, 6.45) is 0. The third-order valence-electron chi connectivity index (χ3n) is 6.93. The molecule has 0 heterocycles. The van der Waals surface area contributed by atoms with Gasteiger partial charge in [0.1, 0.15) is 0 Å². The molecule has 5 aromatic carbocycles. The molecule has 0 unspecified atom stereocenters. The van der Waals surface area contributed by atoms with E-state index < -0.39 is 0 Å². The van der Waals surface area contributed by atoms with Crippen LogP contribution in [0.1, 0.15) is 25.0 Å². The predicted molar refractivity (Wildman–Crippen MR) is 131 cm³/mol. The van der Waals surface area contributed by atoms with Crippen molar-refractivity contribution < 1.29 is 4.92 Å². The van der Waals surface area contributed by atoms with Crippen LogP contribution in [0, 0.1) is 10.1 Å². The van der Waals surface area contributed by atoms with Crippen molar-refractivity contribution in [1.82, 2.24) is 0 Å². The van der Waals surface area contributed by atoms with Crippen LogP contribution in [0.3, 0.4) is 0 Å². The summed E-state index contributed by atoms with van der Waals surface area (Å²) in [5.41, 5.74) is 6.51. The molecule has 0 atom stereocenters. The van der Waals surface area contributed by atoms with Gasteiger partial charge in [0.05, 0.1) is 10.5 Å². The summed E-state index contributed by atoms with van der Waals surface area (Å²) >= 11 is 0. The molecule has 0 N–H and O–H groups in total. The van der Waals surface area contributed by atoms with Crippen LogP contribution in [0.4, 0.5) is 5.69 Å². The first kappa shape index (κ1) is 18.8. The van der Waals surface area contributed by atoms with Gasteiger partial charge in [-0.1, -0.05) is 86.6 Å². The third-order valence-corrected chi connectivity index (χ3v) is 6.93. The van der Waals surface area contributed by atoms with Gasteiger partial charge in [-0.15, -0.1) is 0 Å². The Hall–Kier alpha value is -3.98. The lowest BCUT2D eigenvalue weighted by atomic mass is 9.79. The summed E-state index contributed by atoms with van der Waals surface area (Å²) < 4.78 is 0. The van der Waals surface area contributed by atoms with Crippen LogP contribution in [-0.4, -0.2) is 4.92 Å². The molecule has 154 valence electrons. The van der Waals surface area contributed by atoms with Crippen molar-refractivity contribution in [2.24, 2.45) is 0 Å². The molecular formula is C29H21NO2. The van der Waals surface area contributed by atoms with E-state index in [0.29, 0.717) is 5.56 Å². The highest BCUT2D eigenvalue weighted by molar-refractivity contribution is 6.03. The van der Waals surface area contributed by atoms with Gasteiger partial charge in [0.25, 0.3) is 5.69 Å². The Morgan fingerprint density at radius 3 is 2.09 bits per heavy atom. The number of rotatable bonds is 2.